The number of aliphatic hydroxyl groups is 1. The first-order valence-electron chi connectivity index (χ1n) is 18.7. The highest BCUT2D eigenvalue weighted by Crippen LogP contribution is 2.23. The summed E-state index contributed by atoms with van der Waals surface area (Å²) in [5, 5.41) is 21.0. The van der Waals surface area contributed by atoms with Crippen molar-refractivity contribution in [3.05, 3.63) is 71.3 Å². The van der Waals surface area contributed by atoms with E-state index in [9.17, 15) is 24.3 Å². The van der Waals surface area contributed by atoms with Crippen LogP contribution in [0.5, 0.6) is 0 Å². The maximum Gasteiger partial charge on any atom is 0.437 e. The number of hydrogen-bond acceptors (Lipinski definition) is 10. The van der Waals surface area contributed by atoms with Gasteiger partial charge in [-0.15, -0.1) is 4.99 Å². The second kappa shape index (κ2) is 19.1. The van der Waals surface area contributed by atoms with Crippen molar-refractivity contribution >= 4 is 47.4 Å². The maximum atomic E-state index is 13.1. The van der Waals surface area contributed by atoms with E-state index in [0.29, 0.717) is 30.8 Å². The van der Waals surface area contributed by atoms with E-state index in [1.165, 1.54) is 0 Å². The van der Waals surface area contributed by atoms with Crippen LogP contribution in [0, 0.1) is 0 Å². The van der Waals surface area contributed by atoms with Crippen molar-refractivity contribution in [1.82, 2.24) is 20.9 Å². The second-order valence-electron chi connectivity index (χ2n) is 17.2. The van der Waals surface area contributed by atoms with Gasteiger partial charge in [0.05, 0.1) is 5.60 Å². The summed E-state index contributed by atoms with van der Waals surface area (Å²) in [5.41, 5.74) is 0.796. The summed E-state index contributed by atoms with van der Waals surface area (Å²) < 4.78 is 21.5. The van der Waals surface area contributed by atoms with Crippen LogP contribution in [-0.2, 0) is 25.4 Å². The number of nitrogens with one attached hydrogen (secondary N) is 4. The lowest BCUT2D eigenvalue weighted by Gasteiger charge is -2.26. The number of carbonyl (C=O) groups excluding carboxylic acids is 4. The Kier molecular flexibility index (Phi) is 15.4. The third kappa shape index (κ3) is 17.9. The number of anilines is 1. The molecule has 1 aliphatic heterocycles. The molecule has 0 bridgehead atoms. The van der Waals surface area contributed by atoms with Gasteiger partial charge >= 0.3 is 18.3 Å². The molecule has 0 aliphatic carbocycles. The van der Waals surface area contributed by atoms with E-state index in [0.717, 1.165) is 16.7 Å². The number of nitrogens with zero attached hydrogens (tertiary/aromatic N) is 3. The van der Waals surface area contributed by atoms with Gasteiger partial charge in [0, 0.05) is 30.9 Å². The highest BCUT2D eigenvalue weighted by Gasteiger charge is 2.26. The van der Waals surface area contributed by atoms with Crippen molar-refractivity contribution in [1.29, 1.82) is 0 Å². The number of guanidine groups is 2. The monoisotopic (exact) mass is 793 g/mol. The first-order chi connectivity index (χ1) is 26.2. The molecule has 1 atom stereocenters. The van der Waals surface area contributed by atoms with E-state index in [1.54, 1.807) is 112 Å². The predicted octanol–water partition coefficient (Wildman–Crippen LogP) is 6.56. The van der Waals surface area contributed by atoms with Crippen molar-refractivity contribution in [2.24, 2.45) is 9.98 Å². The molecule has 1 aliphatic rings. The van der Waals surface area contributed by atoms with Crippen LogP contribution in [0.3, 0.4) is 0 Å². The molecule has 0 fully saturated rings. The van der Waals surface area contributed by atoms with Crippen molar-refractivity contribution in [2.45, 2.75) is 118 Å². The average Bonchev–Trinajstić information content (AvgIpc) is 3.52. The van der Waals surface area contributed by atoms with Gasteiger partial charge in [0.25, 0.3) is 5.91 Å². The fourth-order valence-corrected chi connectivity index (χ4v) is 4.96. The minimum Gasteiger partial charge on any atom is -0.444 e. The van der Waals surface area contributed by atoms with Gasteiger partial charge in [-0.2, -0.15) is 0 Å². The third-order valence-corrected chi connectivity index (χ3v) is 7.17. The summed E-state index contributed by atoms with van der Waals surface area (Å²) in [5.74, 6) is -0.309. The Labute approximate surface area is 335 Å². The highest BCUT2D eigenvalue weighted by atomic mass is 16.6. The van der Waals surface area contributed by atoms with Crippen LogP contribution in [0.4, 0.5) is 20.1 Å². The fraction of sp³-hybridized carbons (Fsp3) is 0.512. The van der Waals surface area contributed by atoms with Crippen LogP contribution >= 0.6 is 0 Å². The van der Waals surface area contributed by atoms with Crippen LogP contribution < -0.4 is 21.3 Å². The molecular formula is C41H59N7O9. The largest absolute Gasteiger partial charge is 0.444 e. The van der Waals surface area contributed by atoms with E-state index in [-0.39, 0.29) is 24.4 Å². The first-order valence-corrected chi connectivity index (χ1v) is 18.7. The Hall–Kier alpha value is -5.48. The quantitative estimate of drug-likeness (QED) is 0.0839. The van der Waals surface area contributed by atoms with Gasteiger partial charge in [-0.25, -0.2) is 14.4 Å². The molecule has 16 nitrogen and oxygen atoms in total. The topological polar surface area (TPSA) is 202 Å². The van der Waals surface area contributed by atoms with Crippen LogP contribution in [0.1, 0.15) is 105 Å². The van der Waals surface area contributed by atoms with Gasteiger partial charge in [0.15, 0.2) is 0 Å². The van der Waals surface area contributed by atoms with Gasteiger partial charge in [-0.1, -0.05) is 30.3 Å². The number of alkyl carbamates (subject to hydrolysis) is 2. The Balaban J connectivity index is 1.61. The molecule has 0 saturated carbocycles. The van der Waals surface area contributed by atoms with Gasteiger partial charge in [0.2, 0.25) is 18.3 Å². The predicted molar refractivity (Wildman–Crippen MR) is 219 cm³/mol. The number of carbonyl (C=O) groups is 4. The summed E-state index contributed by atoms with van der Waals surface area (Å²) >= 11 is 0. The van der Waals surface area contributed by atoms with Gasteiger partial charge in [-0.05, 0) is 130 Å². The molecule has 0 radical (unpaired) electrons. The summed E-state index contributed by atoms with van der Waals surface area (Å²) in [6, 6.07) is 14.4. The standard InChI is InChI=1S/C41H59N7O9/c1-38(2,3)54-34(50)44-32(45-35(51)55-39(4,5)6)42-23-21-26-13-19-30(20-14-26)43-31(49)28-17-15-27(16-18-28)29-22-24-48(25-29)33(46-36(52)56-40(7,8)9)47-37(53)57-41(10,11)12/h13-20,22,34,50H,21,23-25H2,1-12H3,(H,43,49)(H2,42,44,45,51)(H,46,47,52,53). The molecule has 1 heterocycles. The molecule has 2 aromatic carbocycles. The fourth-order valence-electron chi connectivity index (χ4n) is 4.96. The van der Waals surface area contributed by atoms with Crippen LogP contribution in [-0.4, -0.2) is 94.6 Å². The molecule has 312 valence electrons. The van der Waals surface area contributed by atoms with E-state index < -0.39 is 47.1 Å². The molecule has 0 spiro atoms. The summed E-state index contributed by atoms with van der Waals surface area (Å²) in [7, 11) is 0. The average molecular weight is 794 g/mol. The molecule has 5 N–H and O–H groups in total. The summed E-state index contributed by atoms with van der Waals surface area (Å²) in [4.78, 5) is 60.8. The molecule has 1 unspecified atom stereocenters. The highest BCUT2D eigenvalue weighted by molar-refractivity contribution is 6.04. The normalized spacial score (nSPS) is 14.6. The van der Waals surface area contributed by atoms with Crippen LogP contribution in [0.25, 0.3) is 5.57 Å². The Bertz CT molecular complexity index is 1810. The zero-order valence-electron chi connectivity index (χ0n) is 35.2. The molecule has 0 saturated heterocycles. The maximum absolute atomic E-state index is 13.1. The number of benzene rings is 2. The van der Waals surface area contributed by atoms with E-state index in [1.807, 2.05) is 30.3 Å². The minimum atomic E-state index is -1.43. The number of hydrogen-bond donors (Lipinski definition) is 5. The van der Waals surface area contributed by atoms with E-state index in [2.05, 4.69) is 31.3 Å². The minimum absolute atomic E-state index is 0.00185. The SMILES string of the molecule is CC(C)(C)OC(=O)N=C(NC(=O)OC(C)(C)C)N1CC=C(c2ccc(C(=O)Nc3ccc(CCN=C(NC(=O)OC(C)(C)C)NC(O)OC(C)(C)C)cc3)cc2)C1. The Morgan fingerprint density at radius 1 is 0.754 bits per heavy atom. The lowest BCUT2D eigenvalue weighted by atomic mass is 10.0. The van der Waals surface area contributed by atoms with Crippen molar-refractivity contribution in [2.75, 3.05) is 25.0 Å². The Morgan fingerprint density at radius 2 is 1.32 bits per heavy atom. The molecule has 3 rings (SSSR count). The van der Waals surface area contributed by atoms with Crippen molar-refractivity contribution < 1.29 is 43.2 Å². The summed E-state index contributed by atoms with van der Waals surface area (Å²) in [6.07, 6.45) is -1.33. The smallest absolute Gasteiger partial charge is 0.437 e. The second-order valence-corrected chi connectivity index (χ2v) is 17.2. The molecular weight excluding hydrogens is 734 g/mol. The lowest BCUT2D eigenvalue weighted by Crippen LogP contribution is -2.49. The van der Waals surface area contributed by atoms with E-state index in [4.69, 9.17) is 18.9 Å². The number of amides is 4. The molecule has 4 amide bonds. The molecule has 0 aromatic heterocycles. The lowest BCUT2D eigenvalue weighted by molar-refractivity contribution is -0.172. The third-order valence-electron chi connectivity index (χ3n) is 7.17. The summed E-state index contributed by atoms with van der Waals surface area (Å²) in [6.45, 7) is 21.8. The molecule has 16 heteroatoms. The van der Waals surface area contributed by atoms with Gasteiger partial charge in [0.1, 0.15) is 16.8 Å². The zero-order valence-corrected chi connectivity index (χ0v) is 35.2. The number of aliphatic hydroxyl groups excluding tert-OH is 1. The molecule has 2 aromatic rings. The van der Waals surface area contributed by atoms with Crippen LogP contribution in [0.2, 0.25) is 0 Å². The van der Waals surface area contributed by atoms with Gasteiger partial charge in [-0.3, -0.25) is 20.4 Å². The van der Waals surface area contributed by atoms with Gasteiger partial charge < -0.3 is 39.6 Å². The van der Waals surface area contributed by atoms with Crippen molar-refractivity contribution in [3.8, 4) is 0 Å². The Morgan fingerprint density at radius 3 is 1.86 bits per heavy atom. The molecule has 57 heavy (non-hydrogen) atoms. The number of ether oxygens (including phenoxy) is 4. The number of aliphatic imine (C=N–C) groups is 2. The van der Waals surface area contributed by atoms with Crippen molar-refractivity contribution in [3.63, 3.8) is 0 Å². The van der Waals surface area contributed by atoms with E-state index >= 15 is 0 Å². The number of rotatable bonds is 8. The van der Waals surface area contributed by atoms with Crippen LogP contribution in [0.15, 0.2) is 64.6 Å². The first kappa shape index (κ1) is 45.9. The zero-order chi connectivity index (χ0) is 42.8.